The van der Waals surface area contributed by atoms with Gasteiger partial charge in [-0.1, -0.05) is 42.2 Å². The summed E-state index contributed by atoms with van der Waals surface area (Å²) in [5.74, 6) is 0.736. The third-order valence-corrected chi connectivity index (χ3v) is 4.13. The molecule has 0 aliphatic carbocycles. The van der Waals surface area contributed by atoms with Gasteiger partial charge in [0.05, 0.1) is 5.69 Å². The molecule has 1 aromatic carbocycles. The van der Waals surface area contributed by atoms with Crippen LogP contribution in [0.25, 0.3) is 0 Å². The molecule has 0 radical (unpaired) electrons. The molecule has 17 heavy (non-hydrogen) atoms. The number of aromatic nitrogens is 2. The Kier molecular flexibility index (Phi) is 4.33. The van der Waals surface area contributed by atoms with Crippen molar-refractivity contribution < 1.29 is 4.39 Å². The van der Waals surface area contributed by atoms with Gasteiger partial charge < -0.3 is 5.32 Å². The van der Waals surface area contributed by atoms with E-state index in [0.29, 0.717) is 10.8 Å². The molecular weight excluding hydrogens is 257 g/mol. The number of rotatable bonds is 5. The van der Waals surface area contributed by atoms with E-state index in [1.807, 2.05) is 0 Å². The topological polar surface area (TPSA) is 37.8 Å². The van der Waals surface area contributed by atoms with Gasteiger partial charge in [0.25, 0.3) is 0 Å². The maximum Gasteiger partial charge on any atom is 0.210 e. The van der Waals surface area contributed by atoms with E-state index in [0.717, 1.165) is 16.5 Å². The van der Waals surface area contributed by atoms with Crippen LogP contribution in [0.2, 0.25) is 0 Å². The fraction of sp³-hybridized carbons (Fsp3) is 0.273. The Morgan fingerprint density at radius 2 is 2.18 bits per heavy atom. The average Bonchev–Trinajstić information content (AvgIpc) is 2.77. The Hall–Kier alpha value is -1.14. The van der Waals surface area contributed by atoms with Gasteiger partial charge in [-0.05, 0) is 18.6 Å². The minimum absolute atomic E-state index is 0.287. The minimum atomic E-state index is -0.287. The minimum Gasteiger partial charge on any atom is -0.328 e. The Balaban J connectivity index is 2.04. The van der Waals surface area contributed by atoms with Crippen LogP contribution in [0.1, 0.15) is 13.3 Å². The molecule has 2 rings (SSSR count). The largest absolute Gasteiger partial charge is 0.328 e. The lowest BCUT2D eigenvalue weighted by molar-refractivity contribution is 0.632. The number of nitrogens with zero attached hydrogens (tertiary/aromatic N) is 2. The molecule has 0 fully saturated rings. The molecule has 0 atom stereocenters. The molecule has 0 bridgehead atoms. The molecule has 2 aromatic rings. The fourth-order valence-electron chi connectivity index (χ4n) is 1.19. The van der Waals surface area contributed by atoms with Crippen LogP contribution in [0, 0.1) is 5.82 Å². The molecule has 1 N–H and O–H groups in total. The van der Waals surface area contributed by atoms with Crippen LogP contribution in [0.4, 0.5) is 15.2 Å². The summed E-state index contributed by atoms with van der Waals surface area (Å²) in [7, 11) is 0. The average molecular weight is 269 g/mol. The van der Waals surface area contributed by atoms with E-state index in [4.69, 9.17) is 0 Å². The van der Waals surface area contributed by atoms with Crippen LogP contribution >= 0.6 is 23.1 Å². The van der Waals surface area contributed by atoms with Gasteiger partial charge in [-0.2, -0.15) is 0 Å². The first-order valence-corrected chi connectivity index (χ1v) is 7.07. The van der Waals surface area contributed by atoms with Crippen molar-refractivity contribution >= 4 is 33.9 Å². The second-order valence-electron chi connectivity index (χ2n) is 3.33. The highest BCUT2D eigenvalue weighted by Crippen LogP contribution is 2.28. The summed E-state index contributed by atoms with van der Waals surface area (Å²) in [6.45, 7) is 2.12. The zero-order valence-corrected chi connectivity index (χ0v) is 10.9. The summed E-state index contributed by atoms with van der Waals surface area (Å²) in [5, 5.41) is 11.5. The predicted octanol–water partition coefficient (Wildman–Crippen LogP) is 3.92. The first kappa shape index (κ1) is 12.3. The van der Waals surface area contributed by atoms with Crippen molar-refractivity contribution in [2.45, 2.75) is 17.7 Å². The monoisotopic (exact) mass is 269 g/mol. The van der Waals surface area contributed by atoms with Gasteiger partial charge >= 0.3 is 0 Å². The fourth-order valence-corrected chi connectivity index (χ4v) is 2.88. The zero-order valence-electron chi connectivity index (χ0n) is 9.31. The number of hydrogen-bond acceptors (Lipinski definition) is 5. The SMILES string of the molecule is CCCSc1nnc(Nc2ccccc2F)s1. The van der Waals surface area contributed by atoms with Crippen LogP contribution < -0.4 is 5.32 Å². The Bertz CT molecular complexity index is 487. The van der Waals surface area contributed by atoms with E-state index >= 15 is 0 Å². The van der Waals surface area contributed by atoms with Crippen LogP contribution in [0.3, 0.4) is 0 Å². The lowest BCUT2D eigenvalue weighted by atomic mass is 10.3. The number of anilines is 2. The summed E-state index contributed by atoms with van der Waals surface area (Å²) in [6, 6.07) is 6.52. The van der Waals surface area contributed by atoms with Crippen molar-refractivity contribution in [2.24, 2.45) is 0 Å². The summed E-state index contributed by atoms with van der Waals surface area (Å²) in [6.07, 6.45) is 1.10. The number of thioether (sulfide) groups is 1. The smallest absolute Gasteiger partial charge is 0.210 e. The lowest BCUT2D eigenvalue weighted by Gasteiger charge is -2.01. The summed E-state index contributed by atoms with van der Waals surface area (Å²) >= 11 is 3.11. The summed E-state index contributed by atoms with van der Waals surface area (Å²) in [4.78, 5) is 0. The van der Waals surface area contributed by atoms with Gasteiger partial charge in [0.1, 0.15) is 5.82 Å². The van der Waals surface area contributed by atoms with E-state index in [1.54, 1.807) is 30.0 Å². The lowest BCUT2D eigenvalue weighted by Crippen LogP contribution is -1.92. The third-order valence-electron chi connectivity index (χ3n) is 1.95. The molecule has 0 aliphatic rings. The van der Waals surface area contributed by atoms with E-state index in [1.165, 1.54) is 17.4 Å². The maximum absolute atomic E-state index is 13.4. The maximum atomic E-state index is 13.4. The normalized spacial score (nSPS) is 10.5. The highest BCUT2D eigenvalue weighted by Gasteiger charge is 2.06. The third kappa shape index (κ3) is 3.41. The van der Waals surface area contributed by atoms with Gasteiger partial charge in [0, 0.05) is 5.75 Å². The number of halogens is 1. The molecule has 6 heteroatoms. The molecule has 0 amide bonds. The number of para-hydroxylation sites is 1. The first-order valence-electron chi connectivity index (χ1n) is 5.27. The van der Waals surface area contributed by atoms with Crippen molar-refractivity contribution in [1.29, 1.82) is 0 Å². The molecule has 0 spiro atoms. The molecule has 0 saturated carbocycles. The summed E-state index contributed by atoms with van der Waals surface area (Å²) < 4.78 is 14.3. The van der Waals surface area contributed by atoms with Crippen molar-refractivity contribution in [3.05, 3.63) is 30.1 Å². The van der Waals surface area contributed by atoms with Crippen molar-refractivity contribution in [1.82, 2.24) is 10.2 Å². The molecule has 0 saturated heterocycles. The van der Waals surface area contributed by atoms with Crippen LogP contribution in [0.5, 0.6) is 0 Å². The second kappa shape index (κ2) is 5.97. The molecular formula is C11H12FN3S2. The van der Waals surface area contributed by atoms with E-state index in [-0.39, 0.29) is 5.82 Å². The van der Waals surface area contributed by atoms with Crippen LogP contribution in [-0.2, 0) is 0 Å². The molecule has 0 aliphatic heterocycles. The van der Waals surface area contributed by atoms with Crippen molar-refractivity contribution in [2.75, 3.05) is 11.1 Å². The number of hydrogen-bond donors (Lipinski definition) is 1. The zero-order chi connectivity index (χ0) is 12.1. The van der Waals surface area contributed by atoms with Gasteiger partial charge in [0.15, 0.2) is 4.34 Å². The summed E-state index contributed by atoms with van der Waals surface area (Å²) in [5.41, 5.74) is 0.427. The van der Waals surface area contributed by atoms with Gasteiger partial charge in [-0.25, -0.2) is 4.39 Å². The quantitative estimate of drug-likeness (QED) is 0.835. The van der Waals surface area contributed by atoms with Crippen molar-refractivity contribution in [3.63, 3.8) is 0 Å². The van der Waals surface area contributed by atoms with Gasteiger partial charge in [-0.15, -0.1) is 10.2 Å². The van der Waals surface area contributed by atoms with E-state index in [2.05, 4.69) is 22.4 Å². The molecule has 1 aromatic heterocycles. The molecule has 1 heterocycles. The van der Waals surface area contributed by atoms with Crippen LogP contribution in [0.15, 0.2) is 28.6 Å². The Labute approximate surface area is 107 Å². The van der Waals surface area contributed by atoms with Gasteiger partial charge in [0.2, 0.25) is 5.13 Å². The van der Waals surface area contributed by atoms with Crippen molar-refractivity contribution in [3.8, 4) is 0 Å². The standard InChI is InChI=1S/C11H12FN3S2/c1-2-7-16-11-15-14-10(17-11)13-9-6-4-3-5-8(9)12/h3-6H,2,7H2,1H3,(H,13,14). The van der Waals surface area contributed by atoms with E-state index < -0.39 is 0 Å². The molecule has 3 nitrogen and oxygen atoms in total. The first-order chi connectivity index (χ1) is 8.29. The predicted molar refractivity (Wildman–Crippen MR) is 70.6 cm³/mol. The highest BCUT2D eigenvalue weighted by molar-refractivity contribution is 8.01. The van der Waals surface area contributed by atoms with Crippen LogP contribution in [-0.4, -0.2) is 16.0 Å². The number of nitrogens with one attached hydrogen (secondary N) is 1. The van der Waals surface area contributed by atoms with E-state index in [9.17, 15) is 4.39 Å². The second-order valence-corrected chi connectivity index (χ2v) is 5.65. The Morgan fingerprint density at radius 3 is 2.94 bits per heavy atom. The molecule has 0 unspecified atom stereocenters. The Morgan fingerprint density at radius 1 is 1.35 bits per heavy atom. The highest BCUT2D eigenvalue weighted by atomic mass is 32.2. The molecule has 90 valence electrons. The van der Waals surface area contributed by atoms with Gasteiger partial charge in [-0.3, -0.25) is 0 Å². The number of benzene rings is 1.